The monoisotopic (exact) mass is 366 g/mol. The Morgan fingerprint density at radius 1 is 1.11 bits per heavy atom. The van der Waals surface area contributed by atoms with Gasteiger partial charge in [-0.2, -0.15) is 0 Å². The van der Waals surface area contributed by atoms with E-state index in [-0.39, 0.29) is 12.5 Å². The number of carbonyl (C=O) groups excluding carboxylic acids is 2. The van der Waals surface area contributed by atoms with Gasteiger partial charge in [0.05, 0.1) is 0 Å². The Morgan fingerprint density at radius 3 is 2.41 bits per heavy atom. The fourth-order valence-electron chi connectivity index (χ4n) is 3.45. The Labute approximate surface area is 160 Å². The molecule has 27 heavy (non-hydrogen) atoms. The summed E-state index contributed by atoms with van der Waals surface area (Å²) in [6, 6.07) is 8.46. The summed E-state index contributed by atoms with van der Waals surface area (Å²) in [5.74, 6) is -0.879. The van der Waals surface area contributed by atoms with E-state index in [9.17, 15) is 9.59 Å². The summed E-state index contributed by atoms with van der Waals surface area (Å²) in [5, 5.41) is 2.75. The summed E-state index contributed by atoms with van der Waals surface area (Å²) in [4.78, 5) is 23.9. The molecule has 0 aliphatic heterocycles. The number of anilines is 1. The van der Waals surface area contributed by atoms with E-state index in [2.05, 4.69) is 29.8 Å². The van der Waals surface area contributed by atoms with Crippen LogP contribution in [0.25, 0.3) is 6.08 Å². The lowest BCUT2D eigenvalue weighted by Gasteiger charge is -2.07. The minimum atomic E-state index is -0.526. The Bertz CT molecular complexity index is 884. The van der Waals surface area contributed by atoms with E-state index in [0.29, 0.717) is 11.7 Å². The second-order valence-corrected chi connectivity index (χ2v) is 7.29. The van der Waals surface area contributed by atoms with Gasteiger partial charge in [0, 0.05) is 29.2 Å². The van der Waals surface area contributed by atoms with E-state index >= 15 is 0 Å². The van der Waals surface area contributed by atoms with Gasteiger partial charge in [0.2, 0.25) is 0 Å². The molecule has 3 rings (SSSR count). The van der Waals surface area contributed by atoms with Crippen molar-refractivity contribution in [1.29, 1.82) is 0 Å². The zero-order chi connectivity index (χ0) is 19.6. The van der Waals surface area contributed by atoms with Gasteiger partial charge in [-0.05, 0) is 81.5 Å². The Morgan fingerprint density at radius 2 is 1.78 bits per heavy atom. The quantitative estimate of drug-likeness (QED) is 0.614. The van der Waals surface area contributed by atoms with Crippen LogP contribution in [0.15, 0.2) is 30.3 Å². The molecule has 1 saturated carbocycles. The predicted molar refractivity (Wildman–Crippen MR) is 107 cm³/mol. The van der Waals surface area contributed by atoms with Gasteiger partial charge in [0.25, 0.3) is 5.91 Å². The molecule has 1 aromatic carbocycles. The van der Waals surface area contributed by atoms with Crippen LogP contribution in [0.5, 0.6) is 0 Å². The van der Waals surface area contributed by atoms with E-state index in [4.69, 9.17) is 4.74 Å². The van der Waals surface area contributed by atoms with Crippen LogP contribution in [0.2, 0.25) is 0 Å². The second-order valence-electron chi connectivity index (χ2n) is 7.29. The molecule has 0 spiro atoms. The smallest absolute Gasteiger partial charge is 0.331 e. The van der Waals surface area contributed by atoms with Gasteiger partial charge in [0.15, 0.2) is 6.61 Å². The van der Waals surface area contributed by atoms with Crippen LogP contribution < -0.4 is 5.32 Å². The molecule has 142 valence electrons. The summed E-state index contributed by atoms with van der Waals surface area (Å²) >= 11 is 0. The third-order valence-corrected chi connectivity index (χ3v) is 4.69. The number of nitrogens with one attached hydrogen (secondary N) is 1. The van der Waals surface area contributed by atoms with Crippen molar-refractivity contribution in [2.75, 3.05) is 11.9 Å². The molecule has 1 fully saturated rings. The van der Waals surface area contributed by atoms with Gasteiger partial charge in [-0.25, -0.2) is 4.79 Å². The number of amides is 1. The van der Waals surface area contributed by atoms with Crippen molar-refractivity contribution in [3.05, 3.63) is 58.4 Å². The van der Waals surface area contributed by atoms with Gasteiger partial charge < -0.3 is 14.6 Å². The number of ether oxygens (including phenoxy) is 1. The minimum absolute atomic E-state index is 0.308. The van der Waals surface area contributed by atoms with E-state index in [0.717, 1.165) is 22.4 Å². The molecule has 0 atom stereocenters. The molecule has 1 heterocycles. The summed E-state index contributed by atoms with van der Waals surface area (Å²) in [5.41, 5.74) is 6.21. The van der Waals surface area contributed by atoms with Gasteiger partial charge in [0.1, 0.15) is 0 Å². The van der Waals surface area contributed by atoms with E-state index in [1.165, 1.54) is 24.6 Å². The molecule has 1 amide bonds. The fraction of sp³-hybridized carbons (Fsp3) is 0.364. The number of esters is 1. The molecule has 1 aromatic heterocycles. The van der Waals surface area contributed by atoms with Crippen molar-refractivity contribution in [3.8, 4) is 0 Å². The van der Waals surface area contributed by atoms with Crippen LogP contribution in [-0.2, 0) is 14.3 Å². The highest BCUT2D eigenvalue weighted by molar-refractivity contribution is 5.94. The molecular formula is C22H26N2O3. The largest absolute Gasteiger partial charge is 0.452 e. The highest BCUT2D eigenvalue weighted by Crippen LogP contribution is 2.38. The average molecular weight is 366 g/mol. The minimum Gasteiger partial charge on any atom is -0.452 e. The van der Waals surface area contributed by atoms with Gasteiger partial charge in [-0.15, -0.1) is 0 Å². The maximum atomic E-state index is 12.0. The van der Waals surface area contributed by atoms with Crippen LogP contribution in [0.1, 0.15) is 47.0 Å². The Balaban J connectivity index is 1.52. The number of aromatic nitrogens is 1. The molecular weight excluding hydrogens is 340 g/mol. The van der Waals surface area contributed by atoms with Crippen molar-refractivity contribution in [2.24, 2.45) is 0 Å². The molecule has 0 bridgehead atoms. The molecule has 1 aliphatic rings. The normalized spacial score (nSPS) is 13.8. The first-order valence-electron chi connectivity index (χ1n) is 9.25. The number of benzene rings is 1. The summed E-state index contributed by atoms with van der Waals surface area (Å²) in [7, 11) is 0. The zero-order valence-corrected chi connectivity index (χ0v) is 16.3. The Hall–Kier alpha value is -2.82. The van der Waals surface area contributed by atoms with Gasteiger partial charge >= 0.3 is 5.97 Å². The number of nitrogens with zero attached hydrogens (tertiary/aromatic N) is 1. The van der Waals surface area contributed by atoms with Crippen LogP contribution in [0.4, 0.5) is 5.69 Å². The third kappa shape index (κ3) is 4.88. The predicted octanol–water partition coefficient (Wildman–Crippen LogP) is 4.25. The SMILES string of the molecule is Cc1cc(C)cc(NC(=O)COC(=O)/C=C/c2cc(C)n(C3CC3)c2C)c1. The molecule has 5 heteroatoms. The first-order valence-corrected chi connectivity index (χ1v) is 9.25. The third-order valence-electron chi connectivity index (χ3n) is 4.69. The lowest BCUT2D eigenvalue weighted by molar-refractivity contribution is -0.142. The summed E-state index contributed by atoms with van der Waals surface area (Å²) in [6.07, 6.45) is 5.57. The topological polar surface area (TPSA) is 60.3 Å². The van der Waals surface area contributed by atoms with Crippen molar-refractivity contribution in [1.82, 2.24) is 4.57 Å². The lowest BCUT2D eigenvalue weighted by atomic mass is 10.1. The number of rotatable bonds is 6. The van der Waals surface area contributed by atoms with E-state index in [1.807, 2.05) is 32.0 Å². The highest BCUT2D eigenvalue weighted by Gasteiger charge is 2.26. The van der Waals surface area contributed by atoms with Crippen molar-refractivity contribution in [3.63, 3.8) is 0 Å². The Kier molecular flexibility index (Phi) is 5.49. The van der Waals surface area contributed by atoms with Crippen LogP contribution >= 0.6 is 0 Å². The molecule has 1 aliphatic carbocycles. The van der Waals surface area contributed by atoms with Crippen LogP contribution in [-0.4, -0.2) is 23.1 Å². The summed E-state index contributed by atoms with van der Waals surface area (Å²) < 4.78 is 7.37. The average Bonchev–Trinajstić information content (AvgIpc) is 3.36. The maximum absolute atomic E-state index is 12.0. The van der Waals surface area contributed by atoms with Crippen LogP contribution in [0, 0.1) is 27.7 Å². The van der Waals surface area contributed by atoms with Gasteiger partial charge in [-0.3, -0.25) is 4.79 Å². The second kappa shape index (κ2) is 7.82. The lowest BCUT2D eigenvalue weighted by Crippen LogP contribution is -2.20. The highest BCUT2D eigenvalue weighted by atomic mass is 16.5. The van der Waals surface area contributed by atoms with Crippen molar-refractivity contribution < 1.29 is 14.3 Å². The van der Waals surface area contributed by atoms with Gasteiger partial charge in [-0.1, -0.05) is 6.07 Å². The van der Waals surface area contributed by atoms with Crippen LogP contribution in [0.3, 0.4) is 0 Å². The standard InChI is InChI=1S/C22H26N2O3/c1-14-9-15(2)11-19(10-14)23-21(25)13-27-22(26)8-5-18-12-16(3)24(17(18)4)20-6-7-20/h5,8-12,20H,6-7,13H2,1-4H3,(H,23,25)/b8-5+. The summed E-state index contributed by atoms with van der Waals surface area (Å²) in [6.45, 7) is 7.77. The number of aryl methyl sites for hydroxylation is 3. The molecule has 0 radical (unpaired) electrons. The first-order chi connectivity index (χ1) is 12.8. The molecule has 2 aromatic rings. The zero-order valence-electron chi connectivity index (χ0n) is 16.3. The first kappa shape index (κ1) is 19.0. The van der Waals surface area contributed by atoms with Crippen molar-refractivity contribution in [2.45, 2.75) is 46.6 Å². The number of hydrogen-bond donors (Lipinski definition) is 1. The number of carbonyl (C=O) groups is 2. The molecule has 0 saturated heterocycles. The molecule has 1 N–H and O–H groups in total. The van der Waals surface area contributed by atoms with Crippen molar-refractivity contribution >= 4 is 23.6 Å². The molecule has 0 unspecified atom stereocenters. The molecule has 5 nitrogen and oxygen atoms in total. The number of hydrogen-bond acceptors (Lipinski definition) is 3. The van der Waals surface area contributed by atoms with E-state index in [1.54, 1.807) is 6.08 Å². The fourth-order valence-corrected chi connectivity index (χ4v) is 3.45. The maximum Gasteiger partial charge on any atom is 0.331 e. The van der Waals surface area contributed by atoms with E-state index < -0.39 is 5.97 Å².